The molecule has 1 fully saturated rings. The van der Waals surface area contributed by atoms with Gasteiger partial charge in [0, 0.05) is 19.4 Å². The largest absolute Gasteiger partial charge is 0.445 e. The molecule has 0 aliphatic carbocycles. The summed E-state index contributed by atoms with van der Waals surface area (Å²) in [4.78, 5) is 13.2. The molecular formula is C15H20FNO5S. The molecule has 128 valence electrons. The van der Waals surface area contributed by atoms with Crippen molar-refractivity contribution in [1.29, 1.82) is 0 Å². The first kappa shape index (κ1) is 17.7. The third-order valence-corrected chi connectivity index (χ3v) is 4.21. The van der Waals surface area contributed by atoms with Crippen molar-refractivity contribution in [1.82, 2.24) is 4.90 Å². The highest BCUT2D eigenvalue weighted by Crippen LogP contribution is 2.29. The minimum absolute atomic E-state index is 0.0808. The quantitative estimate of drug-likeness (QED) is 0.738. The van der Waals surface area contributed by atoms with Gasteiger partial charge in [-0.05, 0) is 5.56 Å². The van der Waals surface area contributed by atoms with Crippen molar-refractivity contribution < 1.29 is 26.5 Å². The zero-order valence-corrected chi connectivity index (χ0v) is 13.7. The number of rotatable bonds is 6. The third-order valence-electron chi connectivity index (χ3n) is 3.61. The monoisotopic (exact) mass is 345 g/mol. The van der Waals surface area contributed by atoms with Gasteiger partial charge in [-0.15, -0.1) is 0 Å². The minimum atomic E-state index is -3.58. The van der Waals surface area contributed by atoms with E-state index in [4.69, 9.17) is 4.74 Å². The van der Waals surface area contributed by atoms with E-state index in [9.17, 15) is 17.6 Å². The first-order chi connectivity index (χ1) is 10.8. The van der Waals surface area contributed by atoms with Gasteiger partial charge in [-0.2, -0.15) is 8.42 Å². The lowest BCUT2D eigenvalue weighted by molar-refractivity contribution is 0.0883. The number of benzene rings is 1. The van der Waals surface area contributed by atoms with Crippen molar-refractivity contribution in [2.24, 2.45) is 0 Å². The van der Waals surface area contributed by atoms with Gasteiger partial charge in [0.25, 0.3) is 10.1 Å². The zero-order valence-electron chi connectivity index (χ0n) is 12.9. The van der Waals surface area contributed by atoms with Crippen molar-refractivity contribution in [3.05, 3.63) is 35.9 Å². The van der Waals surface area contributed by atoms with Crippen molar-refractivity contribution in [2.45, 2.75) is 25.1 Å². The molecule has 1 aliphatic heterocycles. The van der Waals surface area contributed by atoms with E-state index in [0.29, 0.717) is 0 Å². The van der Waals surface area contributed by atoms with Crippen LogP contribution in [-0.2, 0) is 25.6 Å². The maximum Gasteiger partial charge on any atom is 0.410 e. The first-order valence-corrected chi connectivity index (χ1v) is 9.08. The summed E-state index contributed by atoms with van der Waals surface area (Å²) >= 11 is 0. The number of alkyl halides is 1. The number of halogens is 1. The van der Waals surface area contributed by atoms with Crippen molar-refractivity contribution in [3.63, 3.8) is 0 Å². The average Bonchev–Trinajstić information content (AvgIpc) is 2.87. The molecule has 0 N–H and O–H groups in total. The highest BCUT2D eigenvalue weighted by atomic mass is 32.2. The molecule has 0 aromatic heterocycles. The van der Waals surface area contributed by atoms with Gasteiger partial charge < -0.3 is 9.64 Å². The van der Waals surface area contributed by atoms with Gasteiger partial charge in [0.05, 0.1) is 19.4 Å². The van der Waals surface area contributed by atoms with E-state index in [0.717, 1.165) is 11.8 Å². The molecule has 1 aliphatic rings. The molecule has 0 saturated carbocycles. The molecule has 1 heterocycles. The Bertz CT molecular complexity index is 637. The lowest BCUT2D eigenvalue weighted by Crippen LogP contribution is -2.34. The van der Waals surface area contributed by atoms with E-state index in [1.54, 1.807) is 0 Å². The lowest BCUT2D eigenvalue weighted by Gasteiger charge is -2.20. The minimum Gasteiger partial charge on any atom is -0.445 e. The summed E-state index contributed by atoms with van der Waals surface area (Å²) in [5, 5.41) is 0. The van der Waals surface area contributed by atoms with Gasteiger partial charge in [-0.3, -0.25) is 4.18 Å². The van der Waals surface area contributed by atoms with Crippen LogP contribution in [0, 0.1) is 0 Å². The van der Waals surface area contributed by atoms with Crippen molar-refractivity contribution >= 4 is 16.2 Å². The Labute approximate surface area is 135 Å². The zero-order chi connectivity index (χ0) is 16.9. The molecule has 8 heteroatoms. The predicted molar refractivity (Wildman–Crippen MR) is 82.1 cm³/mol. The van der Waals surface area contributed by atoms with E-state index in [-0.39, 0.29) is 39.1 Å². The number of amides is 1. The van der Waals surface area contributed by atoms with E-state index in [1.165, 1.54) is 4.90 Å². The van der Waals surface area contributed by atoms with E-state index >= 15 is 0 Å². The second kappa shape index (κ2) is 7.27. The van der Waals surface area contributed by atoms with E-state index in [2.05, 4.69) is 4.18 Å². The van der Waals surface area contributed by atoms with Crippen LogP contribution in [0.15, 0.2) is 30.3 Å². The highest BCUT2D eigenvalue weighted by Gasteiger charge is 2.40. The fourth-order valence-corrected chi connectivity index (χ4v) is 2.77. The van der Waals surface area contributed by atoms with Crippen LogP contribution in [0.5, 0.6) is 0 Å². The molecule has 1 unspecified atom stereocenters. The summed E-state index contributed by atoms with van der Waals surface area (Å²) in [6.45, 7) is 0.0195. The molecule has 6 nitrogen and oxygen atoms in total. The van der Waals surface area contributed by atoms with Gasteiger partial charge in [0.1, 0.15) is 12.3 Å². The van der Waals surface area contributed by atoms with Crippen LogP contribution in [0.4, 0.5) is 9.18 Å². The normalized spacial score (nSPS) is 21.4. The van der Waals surface area contributed by atoms with Crippen LogP contribution >= 0.6 is 0 Å². The molecule has 1 amide bonds. The number of ether oxygens (including phenoxy) is 1. The van der Waals surface area contributed by atoms with E-state index < -0.39 is 21.9 Å². The number of carbonyl (C=O) groups is 1. The number of hydrogen-bond donors (Lipinski definition) is 0. The van der Waals surface area contributed by atoms with Gasteiger partial charge in [-0.25, -0.2) is 9.18 Å². The molecule has 0 bridgehead atoms. The molecule has 1 atom stereocenters. The first-order valence-electron chi connectivity index (χ1n) is 7.26. The lowest BCUT2D eigenvalue weighted by atomic mass is 10.0. The van der Waals surface area contributed by atoms with Gasteiger partial charge in [-0.1, -0.05) is 30.3 Å². The fraction of sp³-hybridized carbons (Fsp3) is 0.533. The number of nitrogens with zero attached hydrogens (tertiary/aromatic N) is 1. The molecule has 1 aromatic rings. The van der Waals surface area contributed by atoms with Crippen LogP contribution < -0.4 is 0 Å². The number of hydrogen-bond acceptors (Lipinski definition) is 5. The van der Waals surface area contributed by atoms with E-state index in [1.807, 2.05) is 30.3 Å². The topological polar surface area (TPSA) is 72.9 Å². The maximum atomic E-state index is 14.5. The summed E-state index contributed by atoms with van der Waals surface area (Å²) in [6, 6.07) is 9.21. The Morgan fingerprint density at radius 3 is 2.70 bits per heavy atom. The van der Waals surface area contributed by atoms with Crippen molar-refractivity contribution in [3.8, 4) is 0 Å². The Morgan fingerprint density at radius 1 is 1.35 bits per heavy atom. The molecule has 1 aromatic carbocycles. The van der Waals surface area contributed by atoms with Gasteiger partial charge >= 0.3 is 6.09 Å². The Kier molecular flexibility index (Phi) is 5.59. The van der Waals surface area contributed by atoms with Crippen LogP contribution in [0.25, 0.3) is 0 Å². The molecule has 2 rings (SSSR count). The molecule has 0 radical (unpaired) electrons. The summed E-state index contributed by atoms with van der Waals surface area (Å²) < 4.78 is 46.0. The Hall–Kier alpha value is -1.67. The SMILES string of the molecule is CS(=O)(=O)OCCC1(F)CCN(C(=O)OCc2ccccc2)C1. The summed E-state index contributed by atoms with van der Waals surface area (Å²) in [5.41, 5.74) is -0.788. The summed E-state index contributed by atoms with van der Waals surface area (Å²) in [6.07, 6.45) is 0.403. The molecule has 23 heavy (non-hydrogen) atoms. The van der Waals surface area contributed by atoms with Crippen LogP contribution in [0.3, 0.4) is 0 Å². The van der Waals surface area contributed by atoms with Gasteiger partial charge in [0.2, 0.25) is 0 Å². The highest BCUT2D eigenvalue weighted by molar-refractivity contribution is 7.85. The predicted octanol–water partition coefficient (Wildman–Crippen LogP) is 2.10. The van der Waals surface area contributed by atoms with Crippen LogP contribution in [0.1, 0.15) is 18.4 Å². The third kappa shape index (κ3) is 5.80. The number of carbonyl (C=O) groups excluding carboxylic acids is 1. The molecule has 0 spiro atoms. The maximum absolute atomic E-state index is 14.5. The molecule has 1 saturated heterocycles. The van der Waals surface area contributed by atoms with Gasteiger partial charge in [0.15, 0.2) is 0 Å². The van der Waals surface area contributed by atoms with Crippen LogP contribution in [-0.4, -0.2) is 51.0 Å². The van der Waals surface area contributed by atoms with Crippen LogP contribution in [0.2, 0.25) is 0 Å². The fourth-order valence-electron chi connectivity index (χ4n) is 2.38. The standard InChI is InChI=1S/C15H20FNO5S/c1-23(19,20)22-10-8-15(16)7-9-17(12-15)14(18)21-11-13-5-3-2-4-6-13/h2-6H,7-12H2,1H3. The summed E-state index contributed by atoms with van der Waals surface area (Å²) in [5.74, 6) is 0. The average molecular weight is 345 g/mol. The molecular weight excluding hydrogens is 325 g/mol. The Morgan fingerprint density at radius 2 is 2.04 bits per heavy atom. The van der Waals surface area contributed by atoms with Crippen molar-refractivity contribution in [2.75, 3.05) is 26.0 Å². The Balaban J connectivity index is 1.78. The second-order valence-corrected chi connectivity index (χ2v) is 7.28. The second-order valence-electron chi connectivity index (χ2n) is 5.64. The number of likely N-dealkylation sites (tertiary alicyclic amines) is 1. The summed E-state index contributed by atoms with van der Waals surface area (Å²) in [7, 11) is -3.58. The smallest absolute Gasteiger partial charge is 0.410 e.